The summed E-state index contributed by atoms with van der Waals surface area (Å²) in [6, 6.07) is 10.4. The van der Waals surface area contributed by atoms with E-state index in [0.717, 1.165) is 45.2 Å². The molecule has 7 heteroatoms. The Hall–Kier alpha value is -2.22. The van der Waals surface area contributed by atoms with Gasteiger partial charge < -0.3 is 19.9 Å². The second-order valence-corrected chi connectivity index (χ2v) is 9.07. The Morgan fingerprint density at radius 1 is 1.16 bits per heavy atom. The number of likely N-dealkylation sites (tertiary alicyclic amines) is 1. The average Bonchev–Trinajstić information content (AvgIpc) is 3.15. The molecule has 1 aromatic carbocycles. The van der Waals surface area contributed by atoms with Gasteiger partial charge in [0.25, 0.3) is 5.91 Å². The molecule has 0 spiro atoms. The number of nitrogens with zero attached hydrogens (tertiary/aromatic N) is 2. The summed E-state index contributed by atoms with van der Waals surface area (Å²) in [5.74, 6) is 0.280. The van der Waals surface area contributed by atoms with Crippen molar-refractivity contribution >= 4 is 5.91 Å². The molecule has 2 aliphatic rings. The zero-order valence-corrected chi connectivity index (χ0v) is 18.2. The van der Waals surface area contributed by atoms with Crippen LogP contribution in [-0.4, -0.2) is 63.9 Å². The second kappa shape index (κ2) is 9.51. The highest BCUT2D eigenvalue weighted by Crippen LogP contribution is 2.39. The summed E-state index contributed by atoms with van der Waals surface area (Å²) in [5, 5.41) is 23.9. The van der Waals surface area contributed by atoms with E-state index in [1.54, 1.807) is 6.92 Å². The molecule has 3 N–H and O–H groups in total. The maximum absolute atomic E-state index is 12.7. The fraction of sp³-hybridized carbons (Fsp3) is 0.583. The maximum atomic E-state index is 12.7. The average molecular weight is 428 g/mol. The van der Waals surface area contributed by atoms with E-state index in [2.05, 4.69) is 27.3 Å². The molecule has 7 nitrogen and oxygen atoms in total. The van der Waals surface area contributed by atoms with Gasteiger partial charge in [-0.15, -0.1) is 0 Å². The van der Waals surface area contributed by atoms with E-state index in [1.807, 2.05) is 18.2 Å². The van der Waals surface area contributed by atoms with E-state index in [1.165, 1.54) is 12.0 Å². The van der Waals surface area contributed by atoms with E-state index in [-0.39, 0.29) is 23.5 Å². The molecule has 3 atom stereocenters. The van der Waals surface area contributed by atoms with E-state index in [4.69, 9.17) is 4.42 Å². The summed E-state index contributed by atoms with van der Waals surface area (Å²) >= 11 is 0. The largest absolute Gasteiger partial charge is 0.448 e. The van der Waals surface area contributed by atoms with Gasteiger partial charge in [-0.1, -0.05) is 30.3 Å². The summed E-state index contributed by atoms with van der Waals surface area (Å²) in [4.78, 5) is 19.1. The molecule has 168 valence electrons. The Morgan fingerprint density at radius 2 is 1.87 bits per heavy atom. The summed E-state index contributed by atoms with van der Waals surface area (Å²) in [6.07, 6.45) is 5.38. The van der Waals surface area contributed by atoms with Crippen molar-refractivity contribution in [2.75, 3.05) is 19.6 Å². The molecule has 2 heterocycles. The lowest BCUT2D eigenvalue weighted by Gasteiger charge is -2.38. The SMILES string of the molecule is Cc1ocnc1C(=O)NC[C@@]1(c2ccccc2)CC[C@H](O)[C@@H](N2CCC(O)CC2)CC1. The molecule has 1 aliphatic carbocycles. The van der Waals surface area contributed by atoms with E-state index < -0.39 is 6.10 Å². The van der Waals surface area contributed by atoms with Crippen molar-refractivity contribution in [2.24, 2.45) is 0 Å². The van der Waals surface area contributed by atoms with Crippen LogP contribution >= 0.6 is 0 Å². The molecule has 2 fully saturated rings. The predicted octanol–water partition coefficient (Wildman–Crippen LogP) is 2.41. The van der Waals surface area contributed by atoms with Gasteiger partial charge in [0.15, 0.2) is 12.1 Å². The van der Waals surface area contributed by atoms with Crippen molar-refractivity contribution in [3.63, 3.8) is 0 Å². The molecule has 0 bridgehead atoms. The number of oxazole rings is 1. The van der Waals surface area contributed by atoms with Crippen molar-refractivity contribution in [3.05, 3.63) is 53.7 Å². The normalized spacial score (nSPS) is 28.2. The van der Waals surface area contributed by atoms with Gasteiger partial charge in [-0.2, -0.15) is 0 Å². The van der Waals surface area contributed by atoms with Crippen molar-refractivity contribution in [3.8, 4) is 0 Å². The Balaban J connectivity index is 1.52. The monoisotopic (exact) mass is 427 g/mol. The number of nitrogens with one attached hydrogen (secondary N) is 1. The number of aromatic nitrogens is 1. The highest BCUT2D eigenvalue weighted by atomic mass is 16.3. The zero-order valence-electron chi connectivity index (χ0n) is 18.2. The highest BCUT2D eigenvalue weighted by Gasteiger charge is 2.40. The van der Waals surface area contributed by atoms with Crippen LogP contribution in [0.1, 0.15) is 60.3 Å². The van der Waals surface area contributed by atoms with E-state index >= 15 is 0 Å². The van der Waals surface area contributed by atoms with Gasteiger partial charge in [-0.3, -0.25) is 9.69 Å². The summed E-state index contributed by atoms with van der Waals surface area (Å²) < 4.78 is 5.18. The molecule has 4 rings (SSSR count). The zero-order chi connectivity index (χ0) is 21.8. The van der Waals surface area contributed by atoms with Crippen LogP contribution in [-0.2, 0) is 5.41 Å². The third kappa shape index (κ3) is 4.84. The molecule has 1 saturated heterocycles. The highest BCUT2D eigenvalue weighted by molar-refractivity contribution is 5.93. The van der Waals surface area contributed by atoms with Crippen molar-refractivity contribution < 1.29 is 19.4 Å². The molecule has 1 saturated carbocycles. The lowest BCUT2D eigenvalue weighted by Crippen LogP contribution is -2.48. The van der Waals surface area contributed by atoms with Gasteiger partial charge in [-0.25, -0.2) is 4.98 Å². The molecule has 31 heavy (non-hydrogen) atoms. The first-order valence-corrected chi connectivity index (χ1v) is 11.3. The number of aliphatic hydroxyl groups is 2. The first kappa shape index (κ1) is 22.0. The topological polar surface area (TPSA) is 98.8 Å². The number of benzene rings is 1. The van der Waals surface area contributed by atoms with Crippen LogP contribution in [0.25, 0.3) is 0 Å². The summed E-state index contributed by atoms with van der Waals surface area (Å²) in [6.45, 7) is 3.87. The molecule has 1 aliphatic heterocycles. The second-order valence-electron chi connectivity index (χ2n) is 9.07. The quantitative estimate of drug-likeness (QED) is 0.634. The van der Waals surface area contributed by atoms with Crippen molar-refractivity contribution in [1.82, 2.24) is 15.2 Å². The fourth-order valence-electron chi connectivity index (χ4n) is 5.22. The number of carbonyl (C=O) groups is 1. The minimum absolute atomic E-state index is 0.0894. The van der Waals surface area contributed by atoms with Crippen LogP contribution in [0.5, 0.6) is 0 Å². The lowest BCUT2D eigenvalue weighted by molar-refractivity contribution is 0.00482. The first-order valence-electron chi connectivity index (χ1n) is 11.3. The maximum Gasteiger partial charge on any atom is 0.273 e. The van der Waals surface area contributed by atoms with Gasteiger partial charge in [-0.05, 0) is 51.0 Å². The number of rotatable bonds is 5. The fourth-order valence-corrected chi connectivity index (χ4v) is 5.22. The van der Waals surface area contributed by atoms with Crippen molar-refractivity contribution in [2.45, 2.75) is 69.1 Å². The molecule has 1 amide bonds. The van der Waals surface area contributed by atoms with E-state index in [9.17, 15) is 15.0 Å². The van der Waals surface area contributed by atoms with Gasteiger partial charge in [0.1, 0.15) is 5.76 Å². The minimum atomic E-state index is -0.408. The molecule has 0 radical (unpaired) electrons. The number of aryl methyl sites for hydroxylation is 1. The third-order valence-corrected chi connectivity index (χ3v) is 7.18. The van der Waals surface area contributed by atoms with E-state index in [0.29, 0.717) is 24.4 Å². The number of aliphatic hydroxyl groups excluding tert-OH is 2. The number of carbonyl (C=O) groups excluding carboxylic acids is 1. The van der Waals surface area contributed by atoms with Gasteiger partial charge in [0.2, 0.25) is 0 Å². The van der Waals surface area contributed by atoms with Crippen molar-refractivity contribution in [1.29, 1.82) is 0 Å². The Morgan fingerprint density at radius 3 is 2.55 bits per heavy atom. The van der Waals surface area contributed by atoms with Crippen LogP contribution in [0.3, 0.4) is 0 Å². The first-order chi connectivity index (χ1) is 15.0. The molecular weight excluding hydrogens is 394 g/mol. The van der Waals surface area contributed by atoms with Gasteiger partial charge in [0, 0.05) is 31.1 Å². The third-order valence-electron chi connectivity index (χ3n) is 7.18. The number of piperidine rings is 1. The van der Waals surface area contributed by atoms with Crippen LogP contribution in [0.2, 0.25) is 0 Å². The van der Waals surface area contributed by atoms with Crippen LogP contribution in [0.4, 0.5) is 0 Å². The number of hydrogen-bond donors (Lipinski definition) is 3. The molecule has 0 unspecified atom stereocenters. The lowest BCUT2D eigenvalue weighted by atomic mass is 9.74. The molecular formula is C24H33N3O4. The smallest absolute Gasteiger partial charge is 0.273 e. The van der Waals surface area contributed by atoms with Gasteiger partial charge >= 0.3 is 0 Å². The molecule has 1 aromatic heterocycles. The summed E-state index contributed by atoms with van der Waals surface area (Å²) in [7, 11) is 0. The Bertz CT molecular complexity index is 863. The minimum Gasteiger partial charge on any atom is -0.448 e. The number of amides is 1. The van der Waals surface area contributed by atoms with Crippen LogP contribution < -0.4 is 5.32 Å². The van der Waals surface area contributed by atoms with Gasteiger partial charge in [0.05, 0.1) is 12.2 Å². The predicted molar refractivity (Wildman–Crippen MR) is 117 cm³/mol. The number of hydrogen-bond acceptors (Lipinski definition) is 6. The molecule has 2 aromatic rings. The standard InChI is InChI=1S/C24H33N3O4/c1-17-22(26-16-31-17)23(30)25-15-24(18-5-3-2-4-6-18)11-7-20(21(29)8-12-24)27-13-9-19(28)10-14-27/h2-6,16,19-21,28-29H,7-15H2,1H3,(H,25,30)/t20-,21-,24-/m0/s1. The Kier molecular flexibility index (Phi) is 6.74. The van der Waals surface area contributed by atoms with Crippen LogP contribution in [0.15, 0.2) is 41.1 Å². The Labute approximate surface area is 183 Å². The summed E-state index contributed by atoms with van der Waals surface area (Å²) in [5.41, 5.74) is 1.26. The van der Waals surface area contributed by atoms with Crippen LogP contribution in [0, 0.1) is 6.92 Å².